The summed E-state index contributed by atoms with van der Waals surface area (Å²) in [5.41, 5.74) is 2.02. The number of carbonyl (C=O) groups excluding carboxylic acids is 1. The molecule has 0 saturated heterocycles. The summed E-state index contributed by atoms with van der Waals surface area (Å²) in [4.78, 5) is 11.4. The zero-order chi connectivity index (χ0) is 19.3. The van der Waals surface area contributed by atoms with Crippen molar-refractivity contribution < 1.29 is 14.6 Å². The van der Waals surface area contributed by atoms with E-state index in [9.17, 15) is 9.90 Å². The van der Waals surface area contributed by atoms with E-state index in [4.69, 9.17) is 4.74 Å². The number of benzene rings is 1. The molecule has 0 unspecified atom stereocenters. The fourth-order valence-corrected chi connectivity index (χ4v) is 4.04. The molecule has 2 heterocycles. The molecule has 1 aromatic heterocycles. The van der Waals surface area contributed by atoms with Crippen molar-refractivity contribution in [1.29, 1.82) is 0 Å². The van der Waals surface area contributed by atoms with E-state index >= 15 is 0 Å². The second-order valence-corrected chi connectivity index (χ2v) is 7.63. The number of hydrogen-bond acceptors (Lipinski definition) is 6. The third kappa shape index (κ3) is 4.32. The summed E-state index contributed by atoms with van der Waals surface area (Å²) in [6.45, 7) is 0.624. The maximum Gasteiger partial charge on any atom is 0.224 e. The zero-order valence-corrected chi connectivity index (χ0v) is 16.0. The van der Waals surface area contributed by atoms with Gasteiger partial charge in [-0.1, -0.05) is 12.8 Å². The smallest absolute Gasteiger partial charge is 0.224 e. The lowest BCUT2D eigenvalue weighted by molar-refractivity contribution is -0.116. The molecule has 2 aliphatic rings. The van der Waals surface area contributed by atoms with Crippen LogP contribution >= 0.6 is 0 Å². The van der Waals surface area contributed by atoms with Gasteiger partial charge in [0.1, 0.15) is 5.75 Å². The van der Waals surface area contributed by atoms with Crippen LogP contribution in [-0.4, -0.2) is 43.9 Å². The van der Waals surface area contributed by atoms with Crippen LogP contribution in [0.15, 0.2) is 18.2 Å². The number of unbranched alkanes of at least 4 members (excludes halogenated alkanes) is 1. The molecule has 1 aliphatic heterocycles. The molecule has 0 bridgehead atoms. The number of aliphatic hydroxyl groups excluding tert-OH is 1. The number of fused-ring (bicyclic) bond motifs is 1. The standard InChI is InChI=1S/C20H27N5O3/c26-18-6-2-1-5-17(18)25-19(22-23-24-25)7-3-4-12-28-15-9-10-16-14(13-15)8-11-20(27)21-16/h9-10,13,17-18,26H,1-8,11-12H2,(H,21,27)/t17-,18+/m0/s1. The van der Waals surface area contributed by atoms with Crippen molar-refractivity contribution >= 4 is 11.6 Å². The van der Waals surface area contributed by atoms with Crippen LogP contribution < -0.4 is 10.1 Å². The Balaban J connectivity index is 1.24. The Bertz CT molecular complexity index is 822. The molecule has 0 radical (unpaired) electrons. The molecule has 2 atom stereocenters. The average Bonchev–Trinajstić information content (AvgIpc) is 3.16. The minimum Gasteiger partial charge on any atom is -0.494 e. The normalized spacial score (nSPS) is 21.8. The van der Waals surface area contributed by atoms with Crippen LogP contribution in [0.4, 0.5) is 5.69 Å². The van der Waals surface area contributed by atoms with Crippen LogP contribution in [0, 0.1) is 0 Å². The Morgan fingerprint density at radius 3 is 3.00 bits per heavy atom. The fraction of sp³-hybridized carbons (Fsp3) is 0.600. The molecule has 8 heteroatoms. The van der Waals surface area contributed by atoms with E-state index in [-0.39, 0.29) is 18.1 Å². The lowest BCUT2D eigenvalue weighted by atomic mass is 9.92. The minimum atomic E-state index is -0.354. The van der Waals surface area contributed by atoms with Gasteiger partial charge in [-0.15, -0.1) is 5.10 Å². The summed E-state index contributed by atoms with van der Waals surface area (Å²) in [5, 5.41) is 25.2. The molecule has 1 fully saturated rings. The number of anilines is 1. The highest BCUT2D eigenvalue weighted by Gasteiger charge is 2.27. The first-order valence-electron chi connectivity index (χ1n) is 10.2. The number of hydrogen-bond donors (Lipinski definition) is 2. The minimum absolute atomic E-state index is 0.00554. The molecular formula is C20H27N5O3. The highest BCUT2D eigenvalue weighted by atomic mass is 16.5. The molecule has 2 N–H and O–H groups in total. The predicted molar refractivity (Wildman–Crippen MR) is 103 cm³/mol. The molecule has 1 aliphatic carbocycles. The van der Waals surface area contributed by atoms with Crippen LogP contribution in [0.1, 0.15) is 62.4 Å². The van der Waals surface area contributed by atoms with Crippen molar-refractivity contribution in [3.63, 3.8) is 0 Å². The number of rotatable bonds is 7. The average molecular weight is 385 g/mol. The third-order valence-electron chi connectivity index (χ3n) is 5.60. The second-order valence-electron chi connectivity index (χ2n) is 7.63. The predicted octanol–water partition coefficient (Wildman–Crippen LogP) is 2.44. The van der Waals surface area contributed by atoms with Gasteiger partial charge in [-0.05, 0) is 66.3 Å². The van der Waals surface area contributed by atoms with E-state index in [2.05, 4.69) is 20.8 Å². The van der Waals surface area contributed by atoms with E-state index < -0.39 is 0 Å². The molecule has 1 saturated carbocycles. The number of ether oxygens (including phenoxy) is 1. The molecule has 1 amide bonds. The number of aryl methyl sites for hydroxylation is 2. The van der Waals surface area contributed by atoms with Gasteiger partial charge in [-0.2, -0.15) is 0 Å². The van der Waals surface area contributed by atoms with Crippen LogP contribution in [0.3, 0.4) is 0 Å². The van der Waals surface area contributed by atoms with Gasteiger partial charge in [-0.3, -0.25) is 4.79 Å². The van der Waals surface area contributed by atoms with Crippen molar-refractivity contribution in [1.82, 2.24) is 20.2 Å². The van der Waals surface area contributed by atoms with Crippen molar-refractivity contribution in [3.8, 4) is 5.75 Å². The zero-order valence-electron chi connectivity index (χ0n) is 16.0. The summed E-state index contributed by atoms with van der Waals surface area (Å²) < 4.78 is 7.69. The van der Waals surface area contributed by atoms with Gasteiger partial charge >= 0.3 is 0 Å². The van der Waals surface area contributed by atoms with Gasteiger partial charge in [0.2, 0.25) is 5.91 Å². The van der Waals surface area contributed by atoms with E-state index in [1.54, 1.807) is 0 Å². The van der Waals surface area contributed by atoms with Crippen LogP contribution in [0.2, 0.25) is 0 Å². The molecule has 2 aromatic rings. The van der Waals surface area contributed by atoms with Gasteiger partial charge in [0, 0.05) is 18.5 Å². The SMILES string of the molecule is O=C1CCc2cc(OCCCCc3nnnn3[C@H]3CCCC[C@H]3O)ccc2N1. The maximum absolute atomic E-state index is 11.4. The monoisotopic (exact) mass is 385 g/mol. The highest BCUT2D eigenvalue weighted by Crippen LogP contribution is 2.29. The molecular weight excluding hydrogens is 358 g/mol. The quantitative estimate of drug-likeness (QED) is 0.710. The number of tetrazole rings is 1. The Kier molecular flexibility index (Phi) is 5.85. The number of nitrogens with zero attached hydrogens (tertiary/aromatic N) is 4. The van der Waals surface area contributed by atoms with Crippen LogP contribution in [-0.2, 0) is 17.6 Å². The van der Waals surface area contributed by atoms with E-state index in [1.807, 2.05) is 22.9 Å². The van der Waals surface area contributed by atoms with Gasteiger partial charge in [-0.25, -0.2) is 4.68 Å². The number of amides is 1. The summed E-state index contributed by atoms with van der Waals surface area (Å²) in [6.07, 6.45) is 7.46. The Morgan fingerprint density at radius 1 is 1.21 bits per heavy atom. The van der Waals surface area contributed by atoms with Crippen LogP contribution in [0.5, 0.6) is 5.75 Å². The first-order chi connectivity index (χ1) is 13.7. The molecule has 0 spiro atoms. The van der Waals surface area contributed by atoms with Crippen molar-refractivity contribution in [2.24, 2.45) is 0 Å². The van der Waals surface area contributed by atoms with E-state index in [0.29, 0.717) is 13.0 Å². The molecule has 8 nitrogen and oxygen atoms in total. The summed E-state index contributed by atoms with van der Waals surface area (Å²) in [7, 11) is 0. The van der Waals surface area contributed by atoms with Gasteiger partial charge < -0.3 is 15.2 Å². The number of carbonyl (C=O) groups is 1. The van der Waals surface area contributed by atoms with Crippen molar-refractivity contribution in [2.75, 3.05) is 11.9 Å². The summed E-state index contributed by atoms with van der Waals surface area (Å²) in [6, 6.07) is 5.83. The Morgan fingerprint density at radius 2 is 2.11 bits per heavy atom. The number of nitrogens with one attached hydrogen (secondary N) is 1. The third-order valence-corrected chi connectivity index (χ3v) is 5.60. The molecule has 28 heavy (non-hydrogen) atoms. The largest absolute Gasteiger partial charge is 0.494 e. The topological polar surface area (TPSA) is 102 Å². The second kappa shape index (κ2) is 8.68. The molecule has 1 aromatic carbocycles. The lowest BCUT2D eigenvalue weighted by Gasteiger charge is -2.27. The lowest BCUT2D eigenvalue weighted by Crippen LogP contribution is -2.29. The molecule has 150 valence electrons. The maximum atomic E-state index is 11.4. The van der Waals surface area contributed by atoms with E-state index in [1.165, 1.54) is 0 Å². The number of aromatic nitrogens is 4. The van der Waals surface area contributed by atoms with E-state index in [0.717, 1.165) is 74.2 Å². The van der Waals surface area contributed by atoms with Gasteiger partial charge in [0.15, 0.2) is 5.82 Å². The van der Waals surface area contributed by atoms with Crippen LogP contribution in [0.25, 0.3) is 0 Å². The summed E-state index contributed by atoms with van der Waals surface area (Å²) in [5.74, 6) is 1.75. The first kappa shape index (κ1) is 18.9. The van der Waals surface area contributed by atoms with Crippen molar-refractivity contribution in [3.05, 3.63) is 29.6 Å². The Hall–Kier alpha value is -2.48. The number of aliphatic hydroxyl groups is 1. The van der Waals surface area contributed by atoms with Crippen molar-refractivity contribution in [2.45, 2.75) is 69.9 Å². The first-order valence-corrected chi connectivity index (χ1v) is 10.2. The fourth-order valence-electron chi connectivity index (χ4n) is 4.04. The molecule has 4 rings (SSSR count). The highest BCUT2D eigenvalue weighted by molar-refractivity contribution is 5.93. The Labute approximate surface area is 164 Å². The van der Waals surface area contributed by atoms with Gasteiger partial charge in [0.25, 0.3) is 0 Å². The van der Waals surface area contributed by atoms with Gasteiger partial charge in [0.05, 0.1) is 18.8 Å². The summed E-state index contributed by atoms with van der Waals surface area (Å²) >= 11 is 0.